The minimum Gasteiger partial charge on any atom is -0.268 e. The average molecular weight is 116 g/mol. The topological polar surface area (TPSA) is 69.2 Å². The van der Waals surface area contributed by atoms with Gasteiger partial charge in [-0.2, -0.15) is 5.43 Å². The highest BCUT2D eigenvalue weighted by atomic mass is 16.6. The monoisotopic (exact) mass is 116 g/mol. The number of nitrogens with two attached hydrogens (primary N) is 1. The maximum atomic E-state index is 10.3. The minimum atomic E-state index is -0.324. The summed E-state index contributed by atoms with van der Waals surface area (Å²) in [6.07, 6.45) is 2.76. The van der Waals surface area contributed by atoms with Gasteiger partial charge in [0.1, 0.15) is 6.20 Å². The second-order valence-electron chi connectivity index (χ2n) is 1.33. The lowest BCUT2D eigenvalue weighted by molar-refractivity contribution is -0.826. The highest BCUT2D eigenvalue weighted by Gasteiger charge is 2.08. The second kappa shape index (κ2) is 1.91. The van der Waals surface area contributed by atoms with Gasteiger partial charge in [-0.1, -0.05) is 0 Å². The molecule has 5 heteroatoms. The molecule has 0 aromatic heterocycles. The van der Waals surface area contributed by atoms with Crippen LogP contribution in [0.1, 0.15) is 0 Å². The molecule has 0 aromatic carbocycles. The van der Waals surface area contributed by atoms with Gasteiger partial charge in [0.25, 0.3) is 5.91 Å². The Morgan fingerprint density at radius 1 is 1.88 bits per heavy atom. The zero-order valence-corrected chi connectivity index (χ0v) is 4.03. The van der Waals surface area contributed by atoms with Gasteiger partial charge >= 0.3 is 0 Å². The summed E-state index contributed by atoms with van der Waals surface area (Å²) in [6, 6.07) is 0. The Hall–Kier alpha value is -0.910. The van der Waals surface area contributed by atoms with Crippen LogP contribution in [0.3, 0.4) is 0 Å². The molecule has 1 heterocycles. The number of hydrogen-bond donors (Lipinski definition) is 3. The van der Waals surface area contributed by atoms with Gasteiger partial charge in [-0.3, -0.25) is 4.79 Å². The van der Waals surface area contributed by atoms with Gasteiger partial charge in [-0.15, -0.1) is 0 Å². The Bertz CT molecular complexity index is 132. The third-order valence-corrected chi connectivity index (χ3v) is 0.700. The molecule has 0 saturated carbocycles. The van der Waals surface area contributed by atoms with Gasteiger partial charge in [0, 0.05) is 0 Å². The Morgan fingerprint density at radius 2 is 2.62 bits per heavy atom. The molecular weight excluding hydrogens is 110 g/mol. The molecule has 0 radical (unpaired) electrons. The summed E-state index contributed by atoms with van der Waals surface area (Å²) < 4.78 is 0. The van der Waals surface area contributed by atoms with E-state index in [0.717, 1.165) is 0 Å². The lowest BCUT2D eigenvalue weighted by atomic mass is 10.6. The van der Waals surface area contributed by atoms with E-state index in [-0.39, 0.29) is 5.91 Å². The Labute approximate surface area is 45.5 Å². The van der Waals surface area contributed by atoms with Crippen molar-refractivity contribution < 1.29 is 15.4 Å². The first-order chi connectivity index (χ1) is 3.79. The van der Waals surface area contributed by atoms with Crippen LogP contribution < -0.4 is 10.9 Å². The van der Waals surface area contributed by atoms with Crippen molar-refractivity contribution in [1.82, 2.24) is 10.7 Å². The van der Waals surface area contributed by atoms with Crippen LogP contribution in [0.15, 0.2) is 12.3 Å². The Balaban J connectivity index is 2.54. The van der Waals surface area contributed by atoms with Crippen molar-refractivity contribution in [2.45, 2.75) is 0 Å². The van der Waals surface area contributed by atoms with Crippen LogP contribution in [-0.4, -0.2) is 16.4 Å². The first-order valence-corrected chi connectivity index (χ1v) is 2.09. The third-order valence-electron chi connectivity index (χ3n) is 0.700. The molecule has 5 nitrogen and oxygen atoms in total. The van der Waals surface area contributed by atoms with Gasteiger partial charge in [-0.05, 0) is 0 Å². The van der Waals surface area contributed by atoms with Gasteiger partial charge < -0.3 is 0 Å². The van der Waals surface area contributed by atoms with E-state index < -0.39 is 0 Å². The van der Waals surface area contributed by atoms with Crippen molar-refractivity contribution in [3.05, 3.63) is 12.3 Å². The number of hydrazine groups is 1. The molecule has 0 aromatic rings. The number of nitrogens with one attached hydrogen (secondary N) is 1. The first kappa shape index (κ1) is 5.23. The SMILES string of the molecule is O=C1C=C[NH2+]N(O)N1. The lowest BCUT2D eigenvalue weighted by Gasteiger charge is -2.10. The summed E-state index contributed by atoms with van der Waals surface area (Å²) >= 11 is 0. The normalized spacial score (nSPS) is 20.9. The van der Waals surface area contributed by atoms with Crippen molar-refractivity contribution >= 4 is 5.91 Å². The number of carbonyl (C=O) groups is 1. The van der Waals surface area contributed by atoms with E-state index in [9.17, 15) is 4.79 Å². The molecule has 8 heavy (non-hydrogen) atoms. The molecule has 4 N–H and O–H groups in total. The summed E-state index contributed by atoms with van der Waals surface area (Å²) in [5.74, 6) is -0.324. The maximum Gasteiger partial charge on any atom is 0.269 e. The van der Waals surface area contributed by atoms with Crippen LogP contribution in [-0.2, 0) is 4.79 Å². The number of rotatable bonds is 0. The highest BCUT2D eigenvalue weighted by molar-refractivity contribution is 5.86. The maximum absolute atomic E-state index is 10.3. The summed E-state index contributed by atoms with van der Waals surface area (Å²) in [6.45, 7) is 0. The fourth-order valence-electron chi connectivity index (χ4n) is 0.399. The second-order valence-corrected chi connectivity index (χ2v) is 1.33. The molecule has 0 atom stereocenters. The molecule has 44 valence electrons. The molecule has 0 aliphatic carbocycles. The predicted octanol–water partition coefficient (Wildman–Crippen LogP) is -2.29. The van der Waals surface area contributed by atoms with Crippen LogP contribution >= 0.6 is 0 Å². The first-order valence-electron chi connectivity index (χ1n) is 2.09. The molecule has 0 spiro atoms. The van der Waals surface area contributed by atoms with E-state index in [4.69, 9.17) is 5.21 Å². The van der Waals surface area contributed by atoms with E-state index in [1.807, 2.05) is 0 Å². The quantitative estimate of drug-likeness (QED) is 0.312. The molecule has 1 amide bonds. The molecular formula is C3H6N3O2+. The molecule has 0 fully saturated rings. The summed E-state index contributed by atoms with van der Waals surface area (Å²) in [7, 11) is 0. The van der Waals surface area contributed by atoms with Gasteiger partial charge in [0.15, 0.2) is 0 Å². The smallest absolute Gasteiger partial charge is 0.268 e. The van der Waals surface area contributed by atoms with Crippen molar-refractivity contribution in [2.24, 2.45) is 0 Å². The lowest BCUT2D eigenvalue weighted by Crippen LogP contribution is -2.93. The van der Waals surface area contributed by atoms with E-state index in [2.05, 4.69) is 5.43 Å². The number of carbonyl (C=O) groups excluding carboxylic acids is 1. The molecule has 0 bridgehead atoms. The van der Waals surface area contributed by atoms with E-state index >= 15 is 0 Å². The Kier molecular flexibility index (Phi) is 1.25. The van der Waals surface area contributed by atoms with Crippen LogP contribution in [0, 0.1) is 0 Å². The standard InChI is InChI=1S/C3H5N3O2/c7-3-1-2-4-6(8)5-3/h1-2,4,8H,(H,5,7)/p+1. The zero-order valence-electron chi connectivity index (χ0n) is 4.03. The van der Waals surface area contributed by atoms with Crippen LogP contribution in [0.2, 0.25) is 0 Å². The summed E-state index contributed by atoms with van der Waals surface area (Å²) in [5, 5.41) is 9.07. The molecule has 1 aliphatic heterocycles. The van der Waals surface area contributed by atoms with Crippen LogP contribution in [0.4, 0.5) is 0 Å². The van der Waals surface area contributed by atoms with Crippen molar-refractivity contribution in [2.75, 3.05) is 0 Å². The van der Waals surface area contributed by atoms with Gasteiger partial charge in [0.2, 0.25) is 0 Å². The van der Waals surface area contributed by atoms with Crippen molar-refractivity contribution in [1.29, 1.82) is 0 Å². The molecule has 1 aliphatic rings. The zero-order chi connectivity index (χ0) is 5.98. The average Bonchev–Trinajstić information content (AvgIpc) is 1.64. The summed E-state index contributed by atoms with van der Waals surface area (Å²) in [5.41, 5.74) is 3.41. The number of quaternary nitrogens is 1. The van der Waals surface area contributed by atoms with Crippen LogP contribution in [0.25, 0.3) is 0 Å². The molecule has 0 unspecified atom stereocenters. The van der Waals surface area contributed by atoms with E-state index in [1.165, 1.54) is 17.7 Å². The van der Waals surface area contributed by atoms with Gasteiger partial charge in [-0.25, -0.2) is 10.6 Å². The fourth-order valence-corrected chi connectivity index (χ4v) is 0.399. The predicted molar refractivity (Wildman–Crippen MR) is 22.8 cm³/mol. The molecule has 0 saturated heterocycles. The van der Waals surface area contributed by atoms with Crippen LogP contribution in [0.5, 0.6) is 0 Å². The number of amides is 1. The number of nitrogens with zero attached hydrogens (tertiary/aromatic N) is 1. The number of hydrogen-bond acceptors (Lipinski definition) is 3. The minimum absolute atomic E-state index is 0.324. The molecule has 1 rings (SSSR count). The Morgan fingerprint density at radius 3 is 3.00 bits per heavy atom. The van der Waals surface area contributed by atoms with Crippen molar-refractivity contribution in [3.8, 4) is 0 Å². The third kappa shape index (κ3) is 1.03. The van der Waals surface area contributed by atoms with E-state index in [0.29, 0.717) is 5.28 Å². The summed E-state index contributed by atoms with van der Waals surface area (Å²) in [4.78, 5) is 10.3. The van der Waals surface area contributed by atoms with Gasteiger partial charge in [0.05, 0.1) is 11.4 Å². The fraction of sp³-hybridized carbons (Fsp3) is 0. The van der Waals surface area contributed by atoms with Crippen molar-refractivity contribution in [3.63, 3.8) is 0 Å². The van der Waals surface area contributed by atoms with E-state index in [1.54, 1.807) is 0 Å². The largest absolute Gasteiger partial charge is 0.269 e. The highest BCUT2D eigenvalue weighted by Crippen LogP contribution is 1.70.